The first-order valence-electron chi connectivity index (χ1n) is 14.8. The van der Waals surface area contributed by atoms with Gasteiger partial charge in [-0.2, -0.15) is 9.57 Å². The molecule has 5 rings (SSSR count). The van der Waals surface area contributed by atoms with Crippen LogP contribution in [0.15, 0.2) is 72.8 Å². The number of hydrogen-bond acceptors (Lipinski definition) is 5. The average Bonchev–Trinajstić information content (AvgIpc) is 3.34. The van der Waals surface area contributed by atoms with Crippen molar-refractivity contribution in [1.82, 2.24) is 9.62 Å². The number of halogens is 2. The second-order valence-electron chi connectivity index (χ2n) is 11.3. The van der Waals surface area contributed by atoms with Crippen LogP contribution in [0.25, 0.3) is 0 Å². The van der Waals surface area contributed by atoms with Gasteiger partial charge < -0.3 is 5.32 Å². The number of rotatable bonds is 8. The maximum Gasteiger partial charge on any atom is 0.248 e. The van der Waals surface area contributed by atoms with Crippen molar-refractivity contribution in [3.63, 3.8) is 0 Å². The Morgan fingerprint density at radius 3 is 2.45 bits per heavy atom. The highest BCUT2D eigenvalue weighted by Crippen LogP contribution is 2.38. The molecule has 3 aromatic rings. The number of anilines is 1. The number of nitrogens with one attached hydrogen (secondary N) is 1. The Hall–Kier alpha value is -3.78. The molecular weight excluding hydrogens is 603 g/mol. The van der Waals surface area contributed by atoms with E-state index in [1.165, 1.54) is 23.1 Å². The molecule has 0 aromatic heterocycles. The van der Waals surface area contributed by atoms with Gasteiger partial charge in [0.2, 0.25) is 21.8 Å². The van der Waals surface area contributed by atoms with Crippen molar-refractivity contribution in [3.05, 3.63) is 100 Å². The smallest absolute Gasteiger partial charge is 0.248 e. The van der Waals surface area contributed by atoms with Crippen molar-refractivity contribution in [2.45, 2.75) is 69.6 Å². The van der Waals surface area contributed by atoms with Gasteiger partial charge in [0.1, 0.15) is 17.9 Å². The van der Waals surface area contributed by atoms with Crippen molar-refractivity contribution in [3.8, 4) is 6.07 Å². The van der Waals surface area contributed by atoms with E-state index in [0.717, 1.165) is 42.5 Å². The molecule has 1 aliphatic heterocycles. The maximum absolute atomic E-state index is 14.8. The number of benzene rings is 3. The lowest BCUT2D eigenvalue weighted by molar-refractivity contribution is -0.129. The van der Waals surface area contributed by atoms with Gasteiger partial charge in [0, 0.05) is 28.4 Å². The minimum absolute atomic E-state index is 0.0330. The molecule has 1 N–H and O–H groups in total. The van der Waals surface area contributed by atoms with Gasteiger partial charge in [-0.05, 0) is 68.1 Å². The Bertz CT molecular complexity index is 1690. The molecule has 44 heavy (non-hydrogen) atoms. The fourth-order valence-corrected chi connectivity index (χ4v) is 8.41. The SMILES string of the molecule is CC(c1cccc(C#N)c1)N1[C@H](C(=O)N(c2cccc(F)c2)C(C(=O)NC2CCCCC2)c2ccccc2Cl)CCS1(=O)=O. The van der Waals surface area contributed by atoms with Crippen LogP contribution in [0.1, 0.15) is 74.2 Å². The molecule has 1 saturated carbocycles. The molecule has 8 nitrogen and oxygen atoms in total. The zero-order valence-electron chi connectivity index (χ0n) is 24.3. The summed E-state index contributed by atoms with van der Waals surface area (Å²) >= 11 is 6.64. The van der Waals surface area contributed by atoms with Crippen molar-refractivity contribution in [1.29, 1.82) is 5.26 Å². The molecule has 0 bridgehead atoms. The molecule has 2 unspecified atom stereocenters. The van der Waals surface area contributed by atoms with Gasteiger partial charge in [-0.25, -0.2) is 12.8 Å². The van der Waals surface area contributed by atoms with Crippen molar-refractivity contribution >= 4 is 39.1 Å². The summed E-state index contributed by atoms with van der Waals surface area (Å²) in [6, 6.07) is 17.2. The topological polar surface area (TPSA) is 111 Å². The van der Waals surface area contributed by atoms with Crippen LogP contribution >= 0.6 is 11.6 Å². The van der Waals surface area contributed by atoms with Gasteiger partial charge in [0.25, 0.3) is 0 Å². The predicted octanol–water partition coefficient (Wildman–Crippen LogP) is 6.04. The number of amides is 2. The summed E-state index contributed by atoms with van der Waals surface area (Å²) in [6.45, 7) is 1.66. The monoisotopic (exact) mass is 636 g/mol. The number of carbonyl (C=O) groups is 2. The number of nitrogens with zero attached hydrogens (tertiary/aromatic N) is 3. The summed E-state index contributed by atoms with van der Waals surface area (Å²) in [4.78, 5) is 30.2. The highest BCUT2D eigenvalue weighted by atomic mass is 35.5. The summed E-state index contributed by atoms with van der Waals surface area (Å²) in [5, 5.41) is 12.7. The van der Waals surface area contributed by atoms with Gasteiger partial charge in [0.05, 0.1) is 17.4 Å². The molecule has 1 saturated heterocycles. The van der Waals surface area contributed by atoms with Crippen LogP contribution in [0.3, 0.4) is 0 Å². The molecule has 2 fully saturated rings. The van der Waals surface area contributed by atoms with Crippen molar-refractivity contribution in [2.24, 2.45) is 0 Å². The maximum atomic E-state index is 14.8. The van der Waals surface area contributed by atoms with Crippen LogP contribution < -0.4 is 10.2 Å². The lowest BCUT2D eigenvalue weighted by atomic mass is 9.94. The molecule has 3 aromatic carbocycles. The van der Waals surface area contributed by atoms with E-state index >= 15 is 0 Å². The van der Waals surface area contributed by atoms with Crippen LogP contribution in [0.2, 0.25) is 5.02 Å². The minimum atomic E-state index is -3.91. The summed E-state index contributed by atoms with van der Waals surface area (Å²) < 4.78 is 42.8. The highest BCUT2D eigenvalue weighted by molar-refractivity contribution is 7.89. The third kappa shape index (κ3) is 6.65. The van der Waals surface area contributed by atoms with E-state index in [1.54, 1.807) is 55.5 Å². The van der Waals surface area contributed by atoms with Crippen LogP contribution in [0.5, 0.6) is 0 Å². The van der Waals surface area contributed by atoms with Gasteiger partial charge in [0.15, 0.2) is 0 Å². The Kier molecular flexibility index (Phi) is 9.68. The van der Waals surface area contributed by atoms with Crippen LogP contribution in [-0.4, -0.2) is 42.4 Å². The fraction of sp³-hybridized carbons (Fsp3) is 0.364. The number of carbonyl (C=O) groups excluding carboxylic acids is 2. The third-order valence-corrected chi connectivity index (χ3v) is 10.7. The average molecular weight is 637 g/mol. The molecule has 3 atom stereocenters. The van der Waals surface area contributed by atoms with Gasteiger partial charge in [-0.3, -0.25) is 14.5 Å². The van der Waals surface area contributed by atoms with Crippen molar-refractivity contribution in [2.75, 3.05) is 10.7 Å². The standard InChI is InChI=1S/C33H34ClFN4O4S/c1-22(24-10-7-9-23(19-24)21-36)39-30(17-18-44(39,42)43)33(41)38(27-14-8-11-25(35)20-27)31(28-15-5-6-16-29(28)34)32(40)37-26-12-3-2-4-13-26/h5-11,14-16,19-20,22,26,30-31H,2-4,12-13,17-18H2,1H3,(H,37,40)/t22?,30-,31?/m0/s1. The van der Waals surface area contributed by atoms with E-state index in [1.807, 2.05) is 0 Å². The number of sulfonamides is 1. The largest absolute Gasteiger partial charge is 0.351 e. The van der Waals surface area contributed by atoms with Crippen LogP contribution in [0.4, 0.5) is 10.1 Å². The van der Waals surface area contributed by atoms with E-state index in [-0.39, 0.29) is 28.9 Å². The first kappa shape index (κ1) is 31.6. The molecular formula is C33H34ClFN4O4S. The van der Waals surface area contributed by atoms with Crippen LogP contribution in [-0.2, 0) is 19.6 Å². The van der Waals surface area contributed by atoms with E-state index in [0.29, 0.717) is 16.7 Å². The molecule has 0 spiro atoms. The lowest BCUT2D eigenvalue weighted by Crippen LogP contribution is -2.53. The third-order valence-electron chi connectivity index (χ3n) is 8.42. The van der Waals surface area contributed by atoms with E-state index in [4.69, 9.17) is 11.6 Å². The summed E-state index contributed by atoms with van der Waals surface area (Å²) in [7, 11) is -3.91. The van der Waals surface area contributed by atoms with Gasteiger partial charge in [-0.15, -0.1) is 0 Å². The second kappa shape index (κ2) is 13.5. The minimum Gasteiger partial charge on any atom is -0.351 e. The summed E-state index contributed by atoms with van der Waals surface area (Å²) in [5.41, 5.74) is 1.33. The van der Waals surface area contributed by atoms with E-state index in [2.05, 4.69) is 11.4 Å². The quantitative estimate of drug-likeness (QED) is 0.324. The molecule has 230 valence electrons. The Morgan fingerprint density at radius 1 is 1.02 bits per heavy atom. The summed E-state index contributed by atoms with van der Waals surface area (Å²) in [5.74, 6) is -2.06. The zero-order chi connectivity index (χ0) is 31.4. The Balaban J connectivity index is 1.62. The molecule has 1 aliphatic carbocycles. The molecule has 2 amide bonds. The normalized spacial score (nSPS) is 19.9. The molecule has 0 radical (unpaired) electrons. The van der Waals surface area contributed by atoms with Gasteiger partial charge in [-0.1, -0.05) is 67.3 Å². The molecule has 1 heterocycles. The van der Waals surface area contributed by atoms with E-state index < -0.39 is 45.8 Å². The Morgan fingerprint density at radius 2 is 1.75 bits per heavy atom. The van der Waals surface area contributed by atoms with E-state index in [9.17, 15) is 27.7 Å². The number of nitriles is 1. The van der Waals surface area contributed by atoms with Crippen molar-refractivity contribution < 1.29 is 22.4 Å². The summed E-state index contributed by atoms with van der Waals surface area (Å²) in [6.07, 6.45) is 4.57. The molecule has 2 aliphatic rings. The fourth-order valence-electron chi connectivity index (χ4n) is 6.26. The first-order chi connectivity index (χ1) is 21.1. The van der Waals surface area contributed by atoms with Crippen LogP contribution in [0, 0.1) is 17.1 Å². The predicted molar refractivity (Wildman–Crippen MR) is 167 cm³/mol. The first-order valence-corrected chi connectivity index (χ1v) is 16.7. The molecule has 11 heteroatoms. The second-order valence-corrected chi connectivity index (χ2v) is 13.7. The Labute approximate surface area is 262 Å². The highest BCUT2D eigenvalue weighted by Gasteiger charge is 2.48. The lowest BCUT2D eigenvalue weighted by Gasteiger charge is -2.37. The number of hydrogen-bond donors (Lipinski definition) is 1. The zero-order valence-corrected chi connectivity index (χ0v) is 25.9. The van der Waals surface area contributed by atoms with Gasteiger partial charge >= 0.3 is 0 Å².